The highest BCUT2D eigenvalue weighted by atomic mass is 32.2. The van der Waals surface area contributed by atoms with Crippen LogP contribution in [-0.4, -0.2) is 50.9 Å². The molecule has 0 amide bonds. The molecule has 0 saturated carbocycles. The van der Waals surface area contributed by atoms with Crippen molar-refractivity contribution in [2.24, 2.45) is 0 Å². The monoisotopic (exact) mass is 344 g/mol. The summed E-state index contributed by atoms with van der Waals surface area (Å²) < 4.78 is 31.7. The minimum absolute atomic E-state index is 0.0205. The van der Waals surface area contributed by atoms with Crippen LogP contribution in [0.15, 0.2) is 16.8 Å². The fourth-order valence-corrected chi connectivity index (χ4v) is 5.01. The van der Waals surface area contributed by atoms with E-state index in [4.69, 9.17) is 4.74 Å². The Balaban J connectivity index is 1.54. The van der Waals surface area contributed by atoms with E-state index in [9.17, 15) is 8.42 Å². The van der Waals surface area contributed by atoms with Crippen LogP contribution in [0.25, 0.3) is 0 Å². The van der Waals surface area contributed by atoms with Crippen molar-refractivity contribution in [3.8, 4) is 0 Å². The van der Waals surface area contributed by atoms with Crippen LogP contribution >= 0.6 is 11.3 Å². The third-order valence-electron chi connectivity index (χ3n) is 4.63. The number of nitrogens with one attached hydrogen (secondary N) is 1. The van der Waals surface area contributed by atoms with Crippen molar-refractivity contribution < 1.29 is 13.2 Å². The molecule has 3 heterocycles. The number of likely N-dealkylation sites (tertiary alicyclic amines) is 1. The molecule has 0 bridgehead atoms. The van der Waals surface area contributed by atoms with Crippen LogP contribution in [0.3, 0.4) is 0 Å². The molecule has 5 nitrogen and oxygen atoms in total. The number of sulfonamides is 1. The lowest BCUT2D eigenvalue weighted by Crippen LogP contribution is -2.53. The highest BCUT2D eigenvalue weighted by Crippen LogP contribution is 2.35. The standard InChI is InChI=1S/C15H24N2O3S2/c1-22(18,19)16-14-2-8-20-15(10-14)4-6-17(7-5-15)11-13-3-9-21-12-13/h3,9,12,14,16H,2,4-8,10-11H2,1H3/t14-/m1/s1. The maximum absolute atomic E-state index is 11.4. The maximum Gasteiger partial charge on any atom is 0.208 e. The molecule has 2 aliphatic rings. The predicted molar refractivity (Wildman–Crippen MR) is 88.5 cm³/mol. The second-order valence-electron chi connectivity index (χ2n) is 6.52. The van der Waals surface area contributed by atoms with Gasteiger partial charge in [0.25, 0.3) is 0 Å². The molecule has 0 unspecified atom stereocenters. The van der Waals surface area contributed by atoms with Crippen molar-refractivity contribution in [1.29, 1.82) is 0 Å². The minimum Gasteiger partial charge on any atom is -0.375 e. The molecule has 124 valence electrons. The predicted octanol–water partition coefficient (Wildman–Crippen LogP) is 1.81. The molecule has 2 aliphatic heterocycles. The Labute approximate surface area is 136 Å². The first-order valence-electron chi connectivity index (χ1n) is 7.79. The Hall–Kier alpha value is -0.470. The summed E-state index contributed by atoms with van der Waals surface area (Å²) >= 11 is 1.74. The molecule has 0 aromatic carbocycles. The van der Waals surface area contributed by atoms with Gasteiger partial charge in [0.15, 0.2) is 0 Å². The van der Waals surface area contributed by atoms with Crippen molar-refractivity contribution in [3.05, 3.63) is 22.4 Å². The van der Waals surface area contributed by atoms with Crippen molar-refractivity contribution in [2.45, 2.75) is 43.9 Å². The molecule has 1 N–H and O–H groups in total. The molecule has 0 radical (unpaired) electrons. The second kappa shape index (κ2) is 6.57. The Morgan fingerprint density at radius 3 is 2.86 bits per heavy atom. The van der Waals surface area contributed by atoms with E-state index in [2.05, 4.69) is 26.4 Å². The number of nitrogens with zero attached hydrogens (tertiary/aromatic N) is 1. The summed E-state index contributed by atoms with van der Waals surface area (Å²) in [6, 6.07) is 2.20. The first kappa shape index (κ1) is 16.4. The van der Waals surface area contributed by atoms with Crippen molar-refractivity contribution in [3.63, 3.8) is 0 Å². The van der Waals surface area contributed by atoms with Crippen LogP contribution in [0.5, 0.6) is 0 Å². The van der Waals surface area contributed by atoms with Crippen LogP contribution < -0.4 is 4.72 Å². The maximum atomic E-state index is 11.4. The van der Waals surface area contributed by atoms with E-state index in [1.165, 1.54) is 11.8 Å². The van der Waals surface area contributed by atoms with Crippen LogP contribution in [0, 0.1) is 0 Å². The Kier molecular flexibility index (Phi) is 4.89. The number of thiophene rings is 1. The SMILES string of the molecule is CS(=O)(=O)N[C@@H]1CCOC2(CCN(Cc3ccsc3)CC2)C1. The fourth-order valence-electron chi connectivity index (χ4n) is 3.54. The summed E-state index contributed by atoms with van der Waals surface area (Å²) in [4.78, 5) is 2.46. The van der Waals surface area contributed by atoms with E-state index in [0.29, 0.717) is 6.61 Å². The molecular formula is C15H24N2O3S2. The number of hydrogen-bond donors (Lipinski definition) is 1. The van der Waals surface area contributed by atoms with Crippen molar-refractivity contribution in [2.75, 3.05) is 26.0 Å². The first-order valence-corrected chi connectivity index (χ1v) is 10.6. The van der Waals surface area contributed by atoms with E-state index < -0.39 is 10.0 Å². The minimum atomic E-state index is -3.14. The third-order valence-corrected chi connectivity index (χ3v) is 6.12. The topological polar surface area (TPSA) is 58.6 Å². The molecule has 22 heavy (non-hydrogen) atoms. The van der Waals surface area contributed by atoms with Crippen molar-refractivity contribution in [1.82, 2.24) is 9.62 Å². The lowest BCUT2D eigenvalue weighted by Gasteiger charge is -2.46. The van der Waals surface area contributed by atoms with E-state index in [1.54, 1.807) is 11.3 Å². The lowest BCUT2D eigenvalue weighted by molar-refractivity contribution is -0.118. The zero-order valence-electron chi connectivity index (χ0n) is 13.0. The highest BCUT2D eigenvalue weighted by Gasteiger charge is 2.40. The van der Waals surface area contributed by atoms with E-state index in [1.807, 2.05) is 0 Å². The molecule has 1 aromatic rings. The van der Waals surface area contributed by atoms with Crippen LogP contribution in [-0.2, 0) is 21.3 Å². The van der Waals surface area contributed by atoms with Gasteiger partial charge in [0, 0.05) is 32.3 Å². The van der Waals surface area contributed by atoms with Gasteiger partial charge in [0.2, 0.25) is 10.0 Å². The molecule has 1 spiro atoms. The molecule has 3 rings (SSSR count). The second-order valence-corrected chi connectivity index (χ2v) is 9.08. The highest BCUT2D eigenvalue weighted by molar-refractivity contribution is 7.88. The van der Waals surface area contributed by atoms with Gasteiger partial charge in [-0.2, -0.15) is 11.3 Å². The van der Waals surface area contributed by atoms with Crippen LogP contribution in [0.1, 0.15) is 31.2 Å². The summed E-state index contributed by atoms with van der Waals surface area (Å²) in [5.74, 6) is 0. The zero-order chi connectivity index (χ0) is 15.6. The lowest BCUT2D eigenvalue weighted by atomic mass is 9.82. The van der Waals surface area contributed by atoms with Gasteiger partial charge in [-0.25, -0.2) is 13.1 Å². The smallest absolute Gasteiger partial charge is 0.208 e. The van der Waals surface area contributed by atoms with E-state index >= 15 is 0 Å². The number of ether oxygens (including phenoxy) is 1. The van der Waals surface area contributed by atoms with Gasteiger partial charge < -0.3 is 4.74 Å². The van der Waals surface area contributed by atoms with Crippen LogP contribution in [0.4, 0.5) is 0 Å². The van der Waals surface area contributed by atoms with Gasteiger partial charge in [0.1, 0.15) is 0 Å². The fraction of sp³-hybridized carbons (Fsp3) is 0.733. The first-order chi connectivity index (χ1) is 10.4. The van der Waals surface area contributed by atoms with Crippen molar-refractivity contribution >= 4 is 21.4 Å². The summed E-state index contributed by atoms with van der Waals surface area (Å²) in [6.07, 6.45) is 4.77. The number of hydrogen-bond acceptors (Lipinski definition) is 5. The van der Waals surface area contributed by atoms with Gasteiger partial charge in [-0.05, 0) is 48.1 Å². The largest absolute Gasteiger partial charge is 0.375 e. The average Bonchev–Trinajstić information content (AvgIpc) is 2.93. The number of piperidine rings is 1. The third kappa shape index (κ3) is 4.29. The van der Waals surface area contributed by atoms with Gasteiger partial charge in [0.05, 0.1) is 11.9 Å². The summed E-state index contributed by atoms with van der Waals surface area (Å²) in [6.45, 7) is 3.69. The molecule has 1 aromatic heterocycles. The quantitative estimate of drug-likeness (QED) is 0.905. The molecule has 0 aliphatic carbocycles. The molecule has 7 heteroatoms. The average molecular weight is 345 g/mol. The Morgan fingerprint density at radius 2 is 2.23 bits per heavy atom. The molecule has 2 saturated heterocycles. The van der Waals surface area contributed by atoms with Gasteiger partial charge in [-0.3, -0.25) is 4.90 Å². The summed E-state index contributed by atoms with van der Waals surface area (Å²) in [5.41, 5.74) is 1.24. The van der Waals surface area contributed by atoms with E-state index in [0.717, 1.165) is 45.3 Å². The summed E-state index contributed by atoms with van der Waals surface area (Å²) in [5, 5.41) is 4.32. The van der Waals surface area contributed by atoms with Gasteiger partial charge in [-0.15, -0.1) is 0 Å². The summed E-state index contributed by atoms with van der Waals surface area (Å²) in [7, 11) is -3.14. The van der Waals surface area contributed by atoms with E-state index in [-0.39, 0.29) is 11.6 Å². The molecule has 2 fully saturated rings. The Bertz CT molecular complexity index is 578. The normalized spacial score (nSPS) is 26.3. The van der Waals surface area contributed by atoms with Crippen LogP contribution in [0.2, 0.25) is 0 Å². The molecular weight excluding hydrogens is 320 g/mol. The van der Waals surface area contributed by atoms with Gasteiger partial charge >= 0.3 is 0 Å². The molecule has 1 atom stereocenters. The Morgan fingerprint density at radius 1 is 1.45 bits per heavy atom. The number of rotatable bonds is 4. The van der Waals surface area contributed by atoms with Gasteiger partial charge in [-0.1, -0.05) is 0 Å². The zero-order valence-corrected chi connectivity index (χ0v) is 14.6.